The van der Waals surface area contributed by atoms with E-state index in [1.165, 1.54) is 0 Å². The highest BCUT2D eigenvalue weighted by molar-refractivity contribution is 6.28. The fraction of sp³-hybridized carbons (Fsp3) is 0.250. The normalized spacial score (nSPS) is 10.1. The van der Waals surface area contributed by atoms with Crippen molar-refractivity contribution in [1.29, 1.82) is 0 Å². The Labute approximate surface area is 115 Å². The fourth-order valence-corrected chi connectivity index (χ4v) is 1.60. The third kappa shape index (κ3) is 3.23. The maximum atomic E-state index is 5.78. The first-order valence-corrected chi connectivity index (χ1v) is 5.92. The van der Waals surface area contributed by atoms with E-state index in [2.05, 4.69) is 20.3 Å². The van der Waals surface area contributed by atoms with Crippen LogP contribution in [0.25, 0.3) is 0 Å². The van der Waals surface area contributed by atoms with Crippen molar-refractivity contribution in [3.8, 4) is 17.5 Å². The maximum absolute atomic E-state index is 5.78. The Morgan fingerprint density at radius 2 is 1.95 bits per heavy atom. The molecule has 0 saturated heterocycles. The van der Waals surface area contributed by atoms with E-state index in [1.54, 1.807) is 20.2 Å². The number of aryl methyl sites for hydroxylation is 1. The first kappa shape index (κ1) is 13.4. The predicted molar refractivity (Wildman–Crippen MR) is 72.2 cm³/mol. The van der Waals surface area contributed by atoms with Gasteiger partial charge in [0.25, 0.3) is 0 Å². The average molecular weight is 281 g/mol. The molecular weight excluding hydrogens is 268 g/mol. The summed E-state index contributed by atoms with van der Waals surface area (Å²) in [6.45, 7) is 1.96. The monoisotopic (exact) mass is 280 g/mol. The largest absolute Gasteiger partial charge is 0.493 e. The van der Waals surface area contributed by atoms with Crippen LogP contribution >= 0.6 is 11.6 Å². The minimum atomic E-state index is 0.0560. The molecule has 1 N–H and O–H groups in total. The van der Waals surface area contributed by atoms with Crippen molar-refractivity contribution in [2.45, 2.75) is 6.92 Å². The van der Waals surface area contributed by atoms with Gasteiger partial charge in [-0.2, -0.15) is 15.0 Å². The van der Waals surface area contributed by atoms with E-state index in [4.69, 9.17) is 21.1 Å². The number of methoxy groups -OCH3 is 1. The van der Waals surface area contributed by atoms with E-state index in [0.29, 0.717) is 17.4 Å². The molecule has 0 fully saturated rings. The zero-order valence-corrected chi connectivity index (χ0v) is 11.5. The van der Waals surface area contributed by atoms with Crippen LogP contribution in [0.15, 0.2) is 18.2 Å². The van der Waals surface area contributed by atoms with Crippen molar-refractivity contribution >= 4 is 17.5 Å². The van der Waals surface area contributed by atoms with Crippen molar-refractivity contribution in [2.75, 3.05) is 19.5 Å². The van der Waals surface area contributed by atoms with Crippen LogP contribution in [0.4, 0.5) is 5.95 Å². The van der Waals surface area contributed by atoms with Gasteiger partial charge in [0.1, 0.15) is 0 Å². The zero-order valence-electron chi connectivity index (χ0n) is 10.8. The van der Waals surface area contributed by atoms with Gasteiger partial charge in [-0.1, -0.05) is 6.07 Å². The van der Waals surface area contributed by atoms with Gasteiger partial charge in [-0.05, 0) is 36.2 Å². The lowest BCUT2D eigenvalue weighted by molar-refractivity contribution is 0.367. The SMILES string of the molecule is CNc1nc(Cl)nc(Oc2ccc(C)cc2OC)n1. The molecule has 1 heterocycles. The van der Waals surface area contributed by atoms with Crippen LogP contribution in [0.5, 0.6) is 17.5 Å². The molecular formula is C12H13ClN4O2. The molecule has 1 aromatic carbocycles. The quantitative estimate of drug-likeness (QED) is 0.928. The lowest BCUT2D eigenvalue weighted by atomic mass is 10.2. The van der Waals surface area contributed by atoms with Crippen molar-refractivity contribution in [1.82, 2.24) is 15.0 Å². The summed E-state index contributed by atoms with van der Waals surface area (Å²) in [7, 11) is 3.25. The summed E-state index contributed by atoms with van der Waals surface area (Å²) in [5, 5.41) is 2.83. The van der Waals surface area contributed by atoms with Gasteiger partial charge >= 0.3 is 6.01 Å². The summed E-state index contributed by atoms with van der Waals surface area (Å²) in [5.41, 5.74) is 1.06. The number of nitrogens with one attached hydrogen (secondary N) is 1. The molecule has 0 bridgehead atoms. The maximum Gasteiger partial charge on any atom is 0.328 e. The zero-order chi connectivity index (χ0) is 13.8. The Balaban J connectivity index is 2.33. The Kier molecular flexibility index (Phi) is 4.01. The van der Waals surface area contributed by atoms with Crippen molar-refractivity contribution in [3.63, 3.8) is 0 Å². The molecule has 6 nitrogen and oxygen atoms in total. The molecule has 0 spiro atoms. The summed E-state index contributed by atoms with van der Waals surface area (Å²) in [6, 6.07) is 5.65. The van der Waals surface area contributed by atoms with Crippen molar-refractivity contribution in [3.05, 3.63) is 29.0 Å². The molecule has 0 radical (unpaired) electrons. The van der Waals surface area contributed by atoms with Crippen LogP contribution in [0, 0.1) is 6.92 Å². The highest BCUT2D eigenvalue weighted by Crippen LogP contribution is 2.31. The van der Waals surface area contributed by atoms with Crippen LogP contribution in [-0.2, 0) is 0 Å². The number of hydrogen-bond acceptors (Lipinski definition) is 6. The fourth-order valence-electron chi connectivity index (χ4n) is 1.45. The minimum absolute atomic E-state index is 0.0560. The number of ether oxygens (including phenoxy) is 2. The molecule has 2 rings (SSSR count). The van der Waals surface area contributed by atoms with E-state index in [0.717, 1.165) is 5.56 Å². The molecule has 0 saturated carbocycles. The molecule has 0 aliphatic rings. The first-order chi connectivity index (χ1) is 9.12. The Morgan fingerprint density at radius 1 is 1.16 bits per heavy atom. The second kappa shape index (κ2) is 5.71. The summed E-state index contributed by atoms with van der Waals surface area (Å²) in [4.78, 5) is 11.8. The number of halogens is 1. The lowest BCUT2D eigenvalue weighted by Gasteiger charge is -2.10. The highest BCUT2D eigenvalue weighted by atomic mass is 35.5. The summed E-state index contributed by atoms with van der Waals surface area (Å²) in [6.07, 6.45) is 0. The summed E-state index contributed by atoms with van der Waals surface area (Å²) >= 11 is 5.78. The van der Waals surface area contributed by atoms with Gasteiger partial charge in [0, 0.05) is 7.05 Å². The van der Waals surface area contributed by atoms with Gasteiger partial charge in [-0.3, -0.25) is 0 Å². The molecule has 0 aliphatic carbocycles. The number of hydrogen-bond donors (Lipinski definition) is 1. The number of anilines is 1. The Bertz CT molecular complexity index is 592. The van der Waals surface area contributed by atoms with Crippen molar-refractivity contribution in [2.24, 2.45) is 0 Å². The number of nitrogens with zero attached hydrogens (tertiary/aromatic N) is 3. The van der Waals surface area contributed by atoms with E-state index >= 15 is 0 Å². The van der Waals surface area contributed by atoms with Crippen LogP contribution in [0.2, 0.25) is 5.28 Å². The van der Waals surface area contributed by atoms with Gasteiger partial charge in [0.05, 0.1) is 7.11 Å². The highest BCUT2D eigenvalue weighted by Gasteiger charge is 2.10. The molecule has 100 valence electrons. The minimum Gasteiger partial charge on any atom is -0.493 e. The predicted octanol–water partition coefficient (Wildman–Crippen LogP) is 2.68. The van der Waals surface area contributed by atoms with Crippen LogP contribution in [0.1, 0.15) is 5.56 Å². The Hall–Kier alpha value is -2.08. The van der Waals surface area contributed by atoms with Gasteiger partial charge in [0.15, 0.2) is 11.5 Å². The summed E-state index contributed by atoms with van der Waals surface area (Å²) < 4.78 is 10.8. The van der Waals surface area contributed by atoms with Crippen LogP contribution in [0.3, 0.4) is 0 Å². The molecule has 2 aromatic rings. The molecule has 0 aliphatic heterocycles. The lowest BCUT2D eigenvalue weighted by Crippen LogP contribution is -2.01. The molecule has 19 heavy (non-hydrogen) atoms. The first-order valence-electron chi connectivity index (χ1n) is 5.54. The standard InChI is InChI=1S/C12H13ClN4O2/c1-7-4-5-8(9(6-7)18-3)19-12-16-10(13)15-11(14-2)17-12/h4-6H,1-3H3,(H,14,15,16,17). The van der Waals surface area contributed by atoms with Gasteiger partial charge in [-0.15, -0.1) is 0 Å². The van der Waals surface area contributed by atoms with Crippen LogP contribution < -0.4 is 14.8 Å². The smallest absolute Gasteiger partial charge is 0.328 e. The van der Waals surface area contributed by atoms with E-state index in [-0.39, 0.29) is 11.3 Å². The third-order valence-corrected chi connectivity index (χ3v) is 2.50. The molecule has 0 amide bonds. The van der Waals surface area contributed by atoms with E-state index in [9.17, 15) is 0 Å². The van der Waals surface area contributed by atoms with Gasteiger partial charge < -0.3 is 14.8 Å². The number of aromatic nitrogens is 3. The van der Waals surface area contributed by atoms with Crippen LogP contribution in [-0.4, -0.2) is 29.1 Å². The van der Waals surface area contributed by atoms with E-state index < -0.39 is 0 Å². The number of rotatable bonds is 4. The van der Waals surface area contributed by atoms with E-state index in [1.807, 2.05) is 19.1 Å². The average Bonchev–Trinajstić information content (AvgIpc) is 2.40. The van der Waals surface area contributed by atoms with Crippen molar-refractivity contribution < 1.29 is 9.47 Å². The topological polar surface area (TPSA) is 69.2 Å². The second-order valence-corrected chi connectivity index (χ2v) is 4.06. The second-order valence-electron chi connectivity index (χ2n) is 3.72. The van der Waals surface area contributed by atoms with Gasteiger partial charge in [-0.25, -0.2) is 0 Å². The molecule has 0 atom stereocenters. The Morgan fingerprint density at radius 3 is 2.63 bits per heavy atom. The summed E-state index contributed by atoms with van der Waals surface area (Å²) in [5.74, 6) is 1.45. The molecule has 7 heteroatoms. The third-order valence-electron chi connectivity index (χ3n) is 2.33. The molecule has 1 aromatic heterocycles. The molecule has 0 unspecified atom stereocenters. The number of benzene rings is 1. The van der Waals surface area contributed by atoms with Gasteiger partial charge in [0.2, 0.25) is 11.2 Å².